The summed E-state index contributed by atoms with van der Waals surface area (Å²) in [6, 6.07) is 5.59. The molecule has 1 rings (SSSR count). The van der Waals surface area contributed by atoms with Gasteiger partial charge in [0.1, 0.15) is 0 Å². The molecule has 0 spiro atoms. The van der Waals surface area contributed by atoms with Crippen molar-refractivity contribution in [2.24, 2.45) is 5.16 Å². The Kier molecular flexibility index (Phi) is 2.71. The van der Waals surface area contributed by atoms with Crippen LogP contribution in [0.25, 0.3) is 0 Å². The van der Waals surface area contributed by atoms with Crippen molar-refractivity contribution in [1.82, 2.24) is 0 Å². The molecule has 1 N–H and O–H groups in total. The summed E-state index contributed by atoms with van der Waals surface area (Å²) in [5.41, 5.74) is 2.40. The zero-order valence-electron chi connectivity index (χ0n) is 7.00. The van der Waals surface area contributed by atoms with Gasteiger partial charge in [0.25, 0.3) is 0 Å². The lowest BCUT2D eigenvalue weighted by molar-refractivity contribution is 0.319. The molecule has 0 bridgehead atoms. The molecule has 0 amide bonds. The van der Waals surface area contributed by atoms with Crippen molar-refractivity contribution in [2.75, 3.05) is 0 Å². The van der Waals surface area contributed by atoms with Crippen LogP contribution in [-0.4, -0.2) is 10.9 Å². The predicted octanol–water partition coefficient (Wildman–Crippen LogP) is 2.85. The second kappa shape index (κ2) is 3.59. The van der Waals surface area contributed by atoms with E-state index >= 15 is 0 Å². The minimum atomic E-state index is 0.531. The van der Waals surface area contributed by atoms with Crippen molar-refractivity contribution in [2.45, 2.75) is 13.8 Å². The molecular weight excluding hydrogens is 174 g/mol. The molecule has 0 heterocycles. The molecule has 0 unspecified atom stereocenters. The highest BCUT2D eigenvalue weighted by molar-refractivity contribution is 6.34. The molecular formula is C9H10ClNO. The van der Waals surface area contributed by atoms with Gasteiger partial charge in [-0.25, -0.2) is 0 Å². The smallest absolute Gasteiger partial charge is 0.0851 e. The van der Waals surface area contributed by atoms with Gasteiger partial charge in [0, 0.05) is 10.6 Å². The third kappa shape index (κ3) is 1.77. The maximum Gasteiger partial charge on any atom is 0.0851 e. The predicted molar refractivity (Wildman–Crippen MR) is 50.2 cm³/mol. The monoisotopic (exact) mass is 183 g/mol. The van der Waals surface area contributed by atoms with E-state index in [0.29, 0.717) is 10.7 Å². The van der Waals surface area contributed by atoms with Crippen LogP contribution in [0, 0.1) is 6.92 Å². The van der Waals surface area contributed by atoms with Crippen molar-refractivity contribution in [3.8, 4) is 0 Å². The molecule has 0 saturated carbocycles. The van der Waals surface area contributed by atoms with E-state index in [1.165, 1.54) is 0 Å². The lowest BCUT2D eigenvalue weighted by Gasteiger charge is -2.02. The lowest BCUT2D eigenvalue weighted by Crippen LogP contribution is -1.95. The number of benzene rings is 1. The van der Waals surface area contributed by atoms with Crippen LogP contribution in [0.3, 0.4) is 0 Å². The van der Waals surface area contributed by atoms with Crippen molar-refractivity contribution in [3.05, 3.63) is 34.3 Å². The van der Waals surface area contributed by atoms with E-state index in [1.807, 2.05) is 19.1 Å². The molecule has 2 nitrogen and oxygen atoms in total. The van der Waals surface area contributed by atoms with Gasteiger partial charge in [-0.15, -0.1) is 0 Å². The van der Waals surface area contributed by atoms with Crippen LogP contribution in [-0.2, 0) is 0 Å². The summed E-state index contributed by atoms with van der Waals surface area (Å²) in [4.78, 5) is 0. The summed E-state index contributed by atoms with van der Waals surface area (Å²) < 4.78 is 0. The molecule has 0 aliphatic carbocycles. The van der Waals surface area contributed by atoms with Crippen LogP contribution >= 0.6 is 11.6 Å². The fourth-order valence-electron chi connectivity index (χ4n) is 0.970. The molecule has 3 heteroatoms. The Bertz CT molecular complexity index is 320. The molecule has 64 valence electrons. The van der Waals surface area contributed by atoms with E-state index in [1.54, 1.807) is 13.0 Å². The fraction of sp³-hybridized carbons (Fsp3) is 0.222. The Hall–Kier alpha value is -1.02. The maximum absolute atomic E-state index is 8.53. The normalized spacial score (nSPS) is 11.8. The van der Waals surface area contributed by atoms with Gasteiger partial charge in [0.2, 0.25) is 0 Å². The topological polar surface area (TPSA) is 32.6 Å². The number of hydrogen-bond donors (Lipinski definition) is 1. The molecule has 0 atom stereocenters. The standard InChI is InChI=1S/C9H10ClNO/c1-6-3-4-9(10)8(5-6)7(2)11-12/h3-5,12H,1-2H3/b11-7-. The summed E-state index contributed by atoms with van der Waals surface area (Å²) in [6.45, 7) is 3.67. The van der Waals surface area contributed by atoms with Gasteiger partial charge in [-0.1, -0.05) is 28.4 Å². The van der Waals surface area contributed by atoms with Crippen molar-refractivity contribution >= 4 is 17.3 Å². The highest BCUT2D eigenvalue weighted by Crippen LogP contribution is 2.17. The SMILES string of the molecule is C/C(=N/O)c1cc(C)ccc1Cl. The summed E-state index contributed by atoms with van der Waals surface area (Å²) in [5, 5.41) is 12.2. The van der Waals surface area contributed by atoms with Crippen molar-refractivity contribution < 1.29 is 5.21 Å². The Morgan fingerprint density at radius 3 is 2.75 bits per heavy atom. The molecule has 0 saturated heterocycles. The van der Waals surface area contributed by atoms with Gasteiger partial charge in [0.05, 0.1) is 5.71 Å². The molecule has 1 aromatic carbocycles. The number of rotatable bonds is 1. The minimum absolute atomic E-state index is 0.531. The Labute approximate surface area is 76.5 Å². The number of hydrogen-bond acceptors (Lipinski definition) is 2. The number of nitrogens with zero attached hydrogens (tertiary/aromatic N) is 1. The molecule has 0 aromatic heterocycles. The van der Waals surface area contributed by atoms with Crippen LogP contribution in [0.4, 0.5) is 0 Å². The average molecular weight is 184 g/mol. The molecule has 1 aromatic rings. The Morgan fingerprint density at radius 1 is 1.50 bits per heavy atom. The van der Waals surface area contributed by atoms with Crippen molar-refractivity contribution in [3.63, 3.8) is 0 Å². The molecule has 0 aliphatic rings. The number of aryl methyl sites for hydroxylation is 1. The third-order valence-corrected chi connectivity index (χ3v) is 1.99. The molecule has 0 radical (unpaired) electrons. The Morgan fingerprint density at radius 2 is 2.17 bits per heavy atom. The number of oxime groups is 1. The zero-order chi connectivity index (χ0) is 9.14. The second-order valence-corrected chi connectivity index (χ2v) is 3.08. The average Bonchev–Trinajstić information content (AvgIpc) is 2.08. The van der Waals surface area contributed by atoms with Crippen LogP contribution in [0.1, 0.15) is 18.1 Å². The van der Waals surface area contributed by atoms with E-state index < -0.39 is 0 Å². The fourth-order valence-corrected chi connectivity index (χ4v) is 1.22. The second-order valence-electron chi connectivity index (χ2n) is 2.67. The van der Waals surface area contributed by atoms with Gasteiger partial charge in [-0.2, -0.15) is 0 Å². The summed E-state index contributed by atoms with van der Waals surface area (Å²) in [6.07, 6.45) is 0. The quantitative estimate of drug-likeness (QED) is 0.405. The van der Waals surface area contributed by atoms with E-state index in [-0.39, 0.29) is 0 Å². The van der Waals surface area contributed by atoms with Crippen LogP contribution in [0.15, 0.2) is 23.4 Å². The maximum atomic E-state index is 8.53. The molecule has 0 fully saturated rings. The summed E-state index contributed by atoms with van der Waals surface area (Å²) in [5.74, 6) is 0. The van der Waals surface area contributed by atoms with Gasteiger partial charge in [-0.05, 0) is 26.0 Å². The van der Waals surface area contributed by atoms with E-state index in [0.717, 1.165) is 11.1 Å². The van der Waals surface area contributed by atoms with E-state index in [2.05, 4.69) is 5.16 Å². The van der Waals surface area contributed by atoms with Crippen LogP contribution in [0.2, 0.25) is 5.02 Å². The first kappa shape index (κ1) is 9.07. The molecule has 0 aliphatic heterocycles. The highest BCUT2D eigenvalue weighted by atomic mass is 35.5. The van der Waals surface area contributed by atoms with Gasteiger partial charge in [-0.3, -0.25) is 0 Å². The first-order valence-electron chi connectivity index (χ1n) is 3.60. The van der Waals surface area contributed by atoms with Crippen LogP contribution in [0.5, 0.6) is 0 Å². The van der Waals surface area contributed by atoms with Crippen LogP contribution < -0.4 is 0 Å². The van der Waals surface area contributed by atoms with E-state index in [9.17, 15) is 0 Å². The van der Waals surface area contributed by atoms with Gasteiger partial charge >= 0.3 is 0 Å². The lowest BCUT2D eigenvalue weighted by atomic mass is 10.1. The minimum Gasteiger partial charge on any atom is -0.411 e. The summed E-state index contributed by atoms with van der Waals surface area (Å²) in [7, 11) is 0. The van der Waals surface area contributed by atoms with Gasteiger partial charge < -0.3 is 5.21 Å². The highest BCUT2D eigenvalue weighted by Gasteiger charge is 2.03. The number of halogens is 1. The molecule has 12 heavy (non-hydrogen) atoms. The van der Waals surface area contributed by atoms with Gasteiger partial charge in [0.15, 0.2) is 0 Å². The largest absolute Gasteiger partial charge is 0.411 e. The third-order valence-electron chi connectivity index (χ3n) is 1.66. The zero-order valence-corrected chi connectivity index (χ0v) is 7.76. The summed E-state index contributed by atoms with van der Waals surface area (Å²) >= 11 is 5.88. The first-order chi connectivity index (χ1) is 5.65. The first-order valence-corrected chi connectivity index (χ1v) is 3.98. The van der Waals surface area contributed by atoms with Crippen molar-refractivity contribution in [1.29, 1.82) is 0 Å². The van der Waals surface area contributed by atoms with E-state index in [4.69, 9.17) is 16.8 Å². The Balaban J connectivity index is 3.23.